The predicted octanol–water partition coefficient (Wildman–Crippen LogP) is 3.66. The molecule has 21 heavy (non-hydrogen) atoms. The second kappa shape index (κ2) is 8.02. The van der Waals surface area contributed by atoms with Crippen molar-refractivity contribution in [2.45, 2.75) is 72.4 Å². The van der Waals surface area contributed by atoms with Gasteiger partial charge in [0, 0.05) is 19.1 Å². The molecule has 1 heterocycles. The van der Waals surface area contributed by atoms with E-state index >= 15 is 0 Å². The highest BCUT2D eigenvalue weighted by atomic mass is 16.6. The smallest absolute Gasteiger partial charge is 0.410 e. The number of likely N-dealkylation sites (tertiary alicyclic amines) is 1. The second-order valence-corrected chi connectivity index (χ2v) is 7.54. The highest BCUT2D eigenvalue weighted by Gasteiger charge is 2.29. The van der Waals surface area contributed by atoms with E-state index < -0.39 is 5.60 Å². The largest absolute Gasteiger partial charge is 0.444 e. The molecule has 1 N–H and O–H groups in total. The molecule has 0 aromatic heterocycles. The minimum atomic E-state index is -0.412. The van der Waals surface area contributed by atoms with Gasteiger partial charge >= 0.3 is 6.09 Å². The van der Waals surface area contributed by atoms with Gasteiger partial charge < -0.3 is 15.0 Å². The summed E-state index contributed by atoms with van der Waals surface area (Å²) < 4.78 is 5.49. The summed E-state index contributed by atoms with van der Waals surface area (Å²) in [5.74, 6) is 1.23. The Morgan fingerprint density at radius 3 is 2.62 bits per heavy atom. The molecule has 1 fully saturated rings. The van der Waals surface area contributed by atoms with Gasteiger partial charge in [-0.3, -0.25) is 0 Å². The average molecular weight is 298 g/mol. The summed E-state index contributed by atoms with van der Waals surface area (Å²) in [7, 11) is 0. The Kier molecular flexibility index (Phi) is 6.98. The second-order valence-electron chi connectivity index (χ2n) is 7.54. The Labute approximate surface area is 130 Å². The van der Waals surface area contributed by atoms with Gasteiger partial charge in [0.25, 0.3) is 0 Å². The van der Waals surface area contributed by atoms with Crippen LogP contribution in [-0.2, 0) is 4.74 Å². The topological polar surface area (TPSA) is 41.6 Å². The molecule has 0 spiro atoms. The zero-order valence-corrected chi connectivity index (χ0v) is 14.7. The van der Waals surface area contributed by atoms with Gasteiger partial charge in [-0.05, 0) is 58.9 Å². The minimum absolute atomic E-state index is 0.165. The maximum atomic E-state index is 12.2. The van der Waals surface area contributed by atoms with Crippen molar-refractivity contribution in [1.82, 2.24) is 10.2 Å². The first kappa shape index (κ1) is 18.3. The van der Waals surface area contributed by atoms with Gasteiger partial charge in [0.2, 0.25) is 0 Å². The van der Waals surface area contributed by atoms with Crippen molar-refractivity contribution in [1.29, 1.82) is 0 Å². The summed E-state index contributed by atoms with van der Waals surface area (Å²) in [6.45, 7) is 15.2. The standard InChI is InChI=1S/C17H34N2O2/c1-7-13(2)11-18-14(3)15-9-8-10-19(12-15)16(20)21-17(4,5)6/h13-15,18H,7-12H2,1-6H3. The van der Waals surface area contributed by atoms with Crippen molar-refractivity contribution in [3.05, 3.63) is 0 Å². The van der Waals surface area contributed by atoms with E-state index in [1.165, 1.54) is 12.8 Å². The molecule has 124 valence electrons. The SMILES string of the molecule is CCC(C)CNC(C)C1CCCN(C(=O)OC(C)(C)C)C1. The Morgan fingerprint density at radius 2 is 2.05 bits per heavy atom. The molecular formula is C17H34N2O2. The van der Waals surface area contributed by atoms with E-state index in [0.717, 1.165) is 26.1 Å². The molecule has 1 aliphatic rings. The van der Waals surface area contributed by atoms with Gasteiger partial charge in [-0.2, -0.15) is 0 Å². The normalized spacial score (nSPS) is 22.8. The lowest BCUT2D eigenvalue weighted by molar-refractivity contribution is 0.0148. The maximum absolute atomic E-state index is 12.2. The molecule has 3 atom stereocenters. The third-order valence-corrected chi connectivity index (χ3v) is 4.30. The third kappa shape index (κ3) is 6.68. The molecule has 4 nitrogen and oxygen atoms in total. The molecule has 0 bridgehead atoms. The molecule has 1 rings (SSSR count). The summed E-state index contributed by atoms with van der Waals surface area (Å²) >= 11 is 0. The van der Waals surface area contributed by atoms with Crippen LogP contribution < -0.4 is 5.32 Å². The van der Waals surface area contributed by atoms with Crippen LogP contribution in [0, 0.1) is 11.8 Å². The van der Waals surface area contributed by atoms with Crippen molar-refractivity contribution in [2.75, 3.05) is 19.6 Å². The number of carbonyl (C=O) groups is 1. The van der Waals surface area contributed by atoms with Crippen LogP contribution in [0.3, 0.4) is 0 Å². The van der Waals surface area contributed by atoms with Crippen LogP contribution in [0.2, 0.25) is 0 Å². The molecule has 0 aromatic carbocycles. The first-order valence-electron chi connectivity index (χ1n) is 8.44. The van der Waals surface area contributed by atoms with Crippen LogP contribution in [0.25, 0.3) is 0 Å². The van der Waals surface area contributed by atoms with E-state index in [2.05, 4.69) is 26.1 Å². The van der Waals surface area contributed by atoms with Gasteiger partial charge in [0.05, 0.1) is 0 Å². The number of hydrogen-bond donors (Lipinski definition) is 1. The van der Waals surface area contributed by atoms with Crippen molar-refractivity contribution in [3.63, 3.8) is 0 Å². The number of ether oxygens (including phenoxy) is 1. The van der Waals surface area contributed by atoms with Gasteiger partial charge in [0.1, 0.15) is 5.60 Å². The Morgan fingerprint density at radius 1 is 1.38 bits per heavy atom. The lowest BCUT2D eigenvalue weighted by Gasteiger charge is -2.37. The van der Waals surface area contributed by atoms with Crippen LogP contribution in [0.15, 0.2) is 0 Å². The zero-order valence-electron chi connectivity index (χ0n) is 14.7. The van der Waals surface area contributed by atoms with E-state index in [9.17, 15) is 4.79 Å². The van der Waals surface area contributed by atoms with Gasteiger partial charge in [-0.25, -0.2) is 4.79 Å². The van der Waals surface area contributed by atoms with Crippen molar-refractivity contribution < 1.29 is 9.53 Å². The van der Waals surface area contributed by atoms with E-state index in [4.69, 9.17) is 4.74 Å². The molecule has 0 aromatic rings. The zero-order chi connectivity index (χ0) is 16.0. The molecule has 1 aliphatic heterocycles. The number of piperidine rings is 1. The van der Waals surface area contributed by atoms with Crippen LogP contribution in [0.4, 0.5) is 4.79 Å². The van der Waals surface area contributed by atoms with Crippen LogP contribution in [-0.4, -0.2) is 42.3 Å². The maximum Gasteiger partial charge on any atom is 0.410 e. The van der Waals surface area contributed by atoms with Crippen molar-refractivity contribution in [2.24, 2.45) is 11.8 Å². The number of nitrogens with zero attached hydrogens (tertiary/aromatic N) is 1. The molecule has 1 saturated heterocycles. The summed E-state index contributed by atoms with van der Waals surface area (Å²) in [4.78, 5) is 14.1. The highest BCUT2D eigenvalue weighted by Crippen LogP contribution is 2.22. The molecule has 0 radical (unpaired) electrons. The quantitative estimate of drug-likeness (QED) is 0.842. The fourth-order valence-electron chi connectivity index (χ4n) is 2.61. The first-order valence-corrected chi connectivity index (χ1v) is 8.44. The van der Waals surface area contributed by atoms with Crippen molar-refractivity contribution in [3.8, 4) is 0 Å². The predicted molar refractivity (Wildman–Crippen MR) is 87.5 cm³/mol. The number of amides is 1. The van der Waals surface area contributed by atoms with E-state index in [0.29, 0.717) is 17.9 Å². The van der Waals surface area contributed by atoms with Crippen LogP contribution in [0.1, 0.15) is 60.8 Å². The molecule has 0 aliphatic carbocycles. The third-order valence-electron chi connectivity index (χ3n) is 4.30. The molecule has 4 heteroatoms. The summed E-state index contributed by atoms with van der Waals surface area (Å²) in [6.07, 6.45) is 3.29. The number of carbonyl (C=O) groups excluding carboxylic acids is 1. The summed E-state index contributed by atoms with van der Waals surface area (Å²) in [5.41, 5.74) is -0.412. The van der Waals surface area contributed by atoms with Gasteiger partial charge in [0.15, 0.2) is 0 Å². The summed E-state index contributed by atoms with van der Waals surface area (Å²) in [6, 6.07) is 0.448. The van der Waals surface area contributed by atoms with E-state index in [1.54, 1.807) is 0 Å². The average Bonchev–Trinajstić information content (AvgIpc) is 2.42. The lowest BCUT2D eigenvalue weighted by atomic mass is 9.91. The van der Waals surface area contributed by atoms with E-state index in [-0.39, 0.29) is 6.09 Å². The van der Waals surface area contributed by atoms with Gasteiger partial charge in [-0.15, -0.1) is 0 Å². The molecule has 0 saturated carbocycles. The number of nitrogens with one attached hydrogen (secondary N) is 1. The Hall–Kier alpha value is -0.770. The monoisotopic (exact) mass is 298 g/mol. The number of hydrogen-bond acceptors (Lipinski definition) is 3. The Bertz CT molecular complexity index is 325. The fraction of sp³-hybridized carbons (Fsp3) is 0.941. The van der Waals surface area contributed by atoms with Crippen molar-refractivity contribution >= 4 is 6.09 Å². The summed E-state index contributed by atoms with van der Waals surface area (Å²) in [5, 5.41) is 3.63. The molecular weight excluding hydrogens is 264 g/mol. The minimum Gasteiger partial charge on any atom is -0.444 e. The van der Waals surface area contributed by atoms with E-state index in [1.807, 2.05) is 25.7 Å². The first-order chi connectivity index (χ1) is 9.73. The fourth-order valence-corrected chi connectivity index (χ4v) is 2.61. The molecule has 3 unspecified atom stereocenters. The van der Waals surface area contributed by atoms with Crippen LogP contribution >= 0.6 is 0 Å². The van der Waals surface area contributed by atoms with Gasteiger partial charge in [-0.1, -0.05) is 20.3 Å². The lowest BCUT2D eigenvalue weighted by Crippen LogP contribution is -2.48. The highest BCUT2D eigenvalue weighted by molar-refractivity contribution is 5.68. The molecule has 1 amide bonds. The Balaban J connectivity index is 2.46. The van der Waals surface area contributed by atoms with Crippen LogP contribution in [0.5, 0.6) is 0 Å². The number of rotatable bonds is 5.